The summed E-state index contributed by atoms with van der Waals surface area (Å²) in [6.45, 7) is 3.74. The largest absolute Gasteiger partial charge is 0.465 e. The monoisotopic (exact) mass is 290 g/mol. The Bertz CT molecular complexity index is 692. The fourth-order valence-corrected chi connectivity index (χ4v) is 2.22. The molecule has 0 N–H and O–H groups in total. The second kappa shape index (κ2) is 4.95. The quantitative estimate of drug-likeness (QED) is 0.810. The van der Waals surface area contributed by atoms with Gasteiger partial charge in [0.2, 0.25) is 11.7 Å². The lowest BCUT2D eigenvalue weighted by Crippen LogP contribution is -2.23. The molecule has 1 heterocycles. The molecule has 1 aliphatic rings. The molecule has 0 atom stereocenters. The molecule has 0 spiro atoms. The Kier molecular flexibility index (Phi) is 3.23. The zero-order valence-corrected chi connectivity index (χ0v) is 11.9. The second-order valence-electron chi connectivity index (χ2n) is 5.19. The van der Waals surface area contributed by atoms with Gasteiger partial charge in [-0.05, 0) is 50.5 Å². The average molecular weight is 290 g/mol. The van der Waals surface area contributed by atoms with E-state index in [0.29, 0.717) is 36.4 Å². The number of esters is 1. The lowest BCUT2D eigenvalue weighted by Gasteiger charge is -2.08. The summed E-state index contributed by atoms with van der Waals surface area (Å²) >= 11 is 0. The highest BCUT2D eigenvalue weighted by Gasteiger charge is 2.57. The van der Waals surface area contributed by atoms with E-state index in [-0.39, 0.29) is 17.7 Å². The summed E-state index contributed by atoms with van der Waals surface area (Å²) in [5.74, 6) is 0.0183. The Morgan fingerprint density at radius 3 is 2.86 bits per heavy atom. The van der Waals surface area contributed by atoms with Crippen molar-refractivity contribution in [1.82, 2.24) is 10.1 Å². The van der Waals surface area contributed by atoms with Gasteiger partial charge in [-0.1, -0.05) is 5.16 Å². The number of carbonyl (C=O) groups is 1. The smallest absolute Gasteiger partial charge is 0.321 e. The van der Waals surface area contributed by atoms with Gasteiger partial charge < -0.3 is 9.26 Å². The Morgan fingerprint density at radius 1 is 1.48 bits per heavy atom. The van der Waals surface area contributed by atoms with E-state index < -0.39 is 5.41 Å². The van der Waals surface area contributed by atoms with Crippen LogP contribution in [-0.4, -0.2) is 22.7 Å². The Morgan fingerprint density at radius 2 is 2.24 bits per heavy atom. The molecule has 1 aromatic heterocycles. The molecule has 0 amide bonds. The van der Waals surface area contributed by atoms with E-state index in [1.165, 1.54) is 6.07 Å². The number of halogens is 1. The normalized spacial score (nSPS) is 15.8. The minimum atomic E-state index is -0.781. The van der Waals surface area contributed by atoms with Crippen molar-refractivity contribution < 1.29 is 18.4 Å². The maximum absolute atomic E-state index is 13.3. The van der Waals surface area contributed by atoms with Crippen molar-refractivity contribution >= 4 is 5.97 Å². The van der Waals surface area contributed by atoms with Crippen molar-refractivity contribution in [3.8, 4) is 11.4 Å². The first-order valence-corrected chi connectivity index (χ1v) is 6.85. The van der Waals surface area contributed by atoms with Gasteiger partial charge in [-0.25, -0.2) is 4.39 Å². The number of aryl methyl sites for hydroxylation is 1. The molecule has 1 aliphatic carbocycles. The summed E-state index contributed by atoms with van der Waals surface area (Å²) in [5.41, 5.74) is 0.380. The minimum absolute atomic E-state index is 0.276. The van der Waals surface area contributed by atoms with Gasteiger partial charge in [0.25, 0.3) is 0 Å². The van der Waals surface area contributed by atoms with Crippen LogP contribution in [0.3, 0.4) is 0 Å². The van der Waals surface area contributed by atoms with Crippen LogP contribution in [0.2, 0.25) is 0 Å². The lowest BCUT2D eigenvalue weighted by molar-refractivity contribution is -0.146. The van der Waals surface area contributed by atoms with Gasteiger partial charge in [0, 0.05) is 5.56 Å². The van der Waals surface area contributed by atoms with E-state index in [4.69, 9.17) is 9.26 Å². The summed E-state index contributed by atoms with van der Waals surface area (Å²) in [6, 6.07) is 4.59. The predicted molar refractivity (Wildman–Crippen MR) is 72.0 cm³/mol. The summed E-state index contributed by atoms with van der Waals surface area (Å²) in [6.07, 6.45) is 1.30. The van der Waals surface area contributed by atoms with E-state index in [1.54, 1.807) is 26.0 Å². The standard InChI is InChI=1S/C15H15FN2O3/c1-3-20-14(19)15(6-7-15)13-17-12(18-21-13)10-4-5-11(16)9(2)8-10/h4-5,8H,3,6-7H2,1-2H3. The molecule has 0 bridgehead atoms. The van der Waals surface area contributed by atoms with Crippen LogP contribution in [0.25, 0.3) is 11.4 Å². The molecule has 1 fully saturated rings. The van der Waals surface area contributed by atoms with Crippen molar-refractivity contribution in [3.63, 3.8) is 0 Å². The number of carbonyl (C=O) groups excluding carboxylic acids is 1. The highest BCUT2D eigenvalue weighted by molar-refractivity contribution is 5.85. The molecule has 110 valence electrons. The summed E-state index contributed by atoms with van der Waals surface area (Å²) < 4.78 is 23.6. The third-order valence-electron chi connectivity index (χ3n) is 3.67. The zero-order chi connectivity index (χ0) is 15.0. The second-order valence-corrected chi connectivity index (χ2v) is 5.19. The van der Waals surface area contributed by atoms with Crippen molar-refractivity contribution in [1.29, 1.82) is 0 Å². The van der Waals surface area contributed by atoms with Crippen LogP contribution in [0.4, 0.5) is 4.39 Å². The number of nitrogens with zero attached hydrogens (tertiary/aromatic N) is 2. The molecule has 1 aromatic carbocycles. The third kappa shape index (κ3) is 2.30. The lowest BCUT2D eigenvalue weighted by atomic mass is 10.1. The van der Waals surface area contributed by atoms with Crippen molar-refractivity contribution in [2.45, 2.75) is 32.1 Å². The fourth-order valence-electron chi connectivity index (χ4n) is 2.22. The van der Waals surface area contributed by atoms with Crippen LogP contribution in [0.1, 0.15) is 31.2 Å². The number of hydrogen-bond donors (Lipinski definition) is 0. The van der Waals surface area contributed by atoms with Gasteiger partial charge in [0.15, 0.2) is 0 Å². The fraction of sp³-hybridized carbons (Fsp3) is 0.400. The van der Waals surface area contributed by atoms with Gasteiger partial charge in [-0.3, -0.25) is 4.79 Å². The van der Waals surface area contributed by atoms with E-state index in [9.17, 15) is 9.18 Å². The number of aromatic nitrogens is 2. The highest BCUT2D eigenvalue weighted by Crippen LogP contribution is 2.48. The Hall–Kier alpha value is -2.24. The maximum atomic E-state index is 13.3. The Balaban J connectivity index is 1.90. The van der Waals surface area contributed by atoms with E-state index >= 15 is 0 Å². The van der Waals surface area contributed by atoms with E-state index in [2.05, 4.69) is 10.1 Å². The topological polar surface area (TPSA) is 65.2 Å². The maximum Gasteiger partial charge on any atom is 0.321 e. The van der Waals surface area contributed by atoms with Crippen molar-refractivity contribution in [2.75, 3.05) is 6.61 Å². The summed E-state index contributed by atoms with van der Waals surface area (Å²) in [7, 11) is 0. The van der Waals surface area contributed by atoms with E-state index in [1.807, 2.05) is 0 Å². The summed E-state index contributed by atoms with van der Waals surface area (Å²) in [5, 5.41) is 3.89. The molecule has 5 nitrogen and oxygen atoms in total. The van der Waals surface area contributed by atoms with Gasteiger partial charge in [0.1, 0.15) is 11.2 Å². The van der Waals surface area contributed by atoms with Crippen LogP contribution in [-0.2, 0) is 14.9 Å². The number of ether oxygens (including phenoxy) is 1. The molecule has 3 rings (SSSR count). The number of rotatable bonds is 4. The zero-order valence-electron chi connectivity index (χ0n) is 11.9. The number of benzene rings is 1. The van der Waals surface area contributed by atoms with Crippen LogP contribution >= 0.6 is 0 Å². The predicted octanol–water partition coefficient (Wildman–Crippen LogP) is 2.78. The molecule has 2 aromatic rings. The first kappa shape index (κ1) is 13.7. The number of hydrogen-bond acceptors (Lipinski definition) is 5. The molecule has 0 aliphatic heterocycles. The third-order valence-corrected chi connectivity index (χ3v) is 3.67. The highest BCUT2D eigenvalue weighted by atomic mass is 19.1. The average Bonchev–Trinajstić information content (AvgIpc) is 3.13. The van der Waals surface area contributed by atoms with Crippen molar-refractivity contribution in [2.24, 2.45) is 0 Å². The Labute approximate surface area is 121 Å². The van der Waals surface area contributed by atoms with Crippen LogP contribution in [0, 0.1) is 12.7 Å². The van der Waals surface area contributed by atoms with Gasteiger partial charge in [0.05, 0.1) is 6.61 Å². The first-order valence-electron chi connectivity index (χ1n) is 6.85. The SMILES string of the molecule is CCOC(=O)C1(c2nc(-c3ccc(F)c(C)c3)no2)CC1. The molecule has 0 radical (unpaired) electrons. The van der Waals surface area contributed by atoms with Crippen LogP contribution in [0.15, 0.2) is 22.7 Å². The molecule has 21 heavy (non-hydrogen) atoms. The van der Waals surface area contributed by atoms with Gasteiger partial charge in [-0.15, -0.1) is 0 Å². The molecule has 1 saturated carbocycles. The first-order chi connectivity index (χ1) is 10.1. The minimum Gasteiger partial charge on any atom is -0.465 e. The molecule has 0 unspecified atom stereocenters. The van der Waals surface area contributed by atoms with Crippen LogP contribution < -0.4 is 0 Å². The molecular weight excluding hydrogens is 275 g/mol. The van der Waals surface area contributed by atoms with Crippen molar-refractivity contribution in [3.05, 3.63) is 35.5 Å². The van der Waals surface area contributed by atoms with E-state index in [0.717, 1.165) is 0 Å². The van der Waals surface area contributed by atoms with Crippen LogP contribution in [0.5, 0.6) is 0 Å². The molecule has 0 saturated heterocycles. The van der Waals surface area contributed by atoms with Gasteiger partial charge >= 0.3 is 5.97 Å². The summed E-state index contributed by atoms with van der Waals surface area (Å²) in [4.78, 5) is 16.3. The molecule has 6 heteroatoms. The molecular formula is C15H15FN2O3. The van der Waals surface area contributed by atoms with Gasteiger partial charge in [-0.2, -0.15) is 4.98 Å².